The van der Waals surface area contributed by atoms with Crippen LogP contribution in [0.5, 0.6) is 0 Å². The van der Waals surface area contributed by atoms with Crippen molar-refractivity contribution in [1.82, 2.24) is 15.1 Å². The van der Waals surface area contributed by atoms with E-state index >= 15 is 0 Å². The Balaban J connectivity index is 2.17. The first-order valence-corrected chi connectivity index (χ1v) is 7.14. The molecule has 1 aliphatic rings. The van der Waals surface area contributed by atoms with Gasteiger partial charge in [-0.25, -0.2) is 0 Å². The van der Waals surface area contributed by atoms with E-state index in [0.717, 1.165) is 6.04 Å². The molecule has 1 fully saturated rings. The molecule has 1 unspecified atom stereocenters. The second-order valence-electron chi connectivity index (χ2n) is 6.06. The van der Waals surface area contributed by atoms with E-state index in [2.05, 4.69) is 50.0 Å². The molecule has 0 aliphatic carbocycles. The molecule has 1 atom stereocenters. The maximum absolute atomic E-state index is 3.78. The van der Waals surface area contributed by atoms with E-state index in [0.29, 0.717) is 12.1 Å². The number of piperidine rings is 1. The van der Waals surface area contributed by atoms with E-state index in [1.165, 1.54) is 38.9 Å². The minimum absolute atomic E-state index is 0.646. The van der Waals surface area contributed by atoms with Gasteiger partial charge in [0.2, 0.25) is 0 Å². The molecule has 102 valence electrons. The monoisotopic (exact) mass is 241 g/mol. The van der Waals surface area contributed by atoms with Gasteiger partial charge in [0, 0.05) is 18.1 Å². The Hall–Kier alpha value is -0.120. The molecule has 0 bridgehead atoms. The Morgan fingerprint density at radius 1 is 1.18 bits per heavy atom. The lowest BCUT2D eigenvalue weighted by Gasteiger charge is -2.36. The Morgan fingerprint density at radius 3 is 2.24 bits per heavy atom. The summed E-state index contributed by atoms with van der Waals surface area (Å²) in [5, 5.41) is 3.78. The molecular formula is C14H31N3. The summed E-state index contributed by atoms with van der Waals surface area (Å²) >= 11 is 0. The molecule has 3 nitrogen and oxygen atoms in total. The number of hydrogen-bond donors (Lipinski definition) is 1. The van der Waals surface area contributed by atoms with Crippen LogP contribution in [0.25, 0.3) is 0 Å². The maximum atomic E-state index is 3.78. The van der Waals surface area contributed by atoms with Crippen LogP contribution in [0, 0.1) is 0 Å². The van der Waals surface area contributed by atoms with Crippen LogP contribution in [0.3, 0.4) is 0 Å². The molecule has 0 amide bonds. The summed E-state index contributed by atoms with van der Waals surface area (Å²) in [5.41, 5.74) is 0. The topological polar surface area (TPSA) is 18.5 Å². The third-order valence-corrected chi connectivity index (χ3v) is 3.79. The maximum Gasteiger partial charge on any atom is 0.00938 e. The highest BCUT2D eigenvalue weighted by Crippen LogP contribution is 2.13. The van der Waals surface area contributed by atoms with Crippen molar-refractivity contribution in [3.63, 3.8) is 0 Å². The van der Waals surface area contributed by atoms with E-state index in [1.54, 1.807) is 0 Å². The van der Waals surface area contributed by atoms with Gasteiger partial charge in [0.1, 0.15) is 0 Å². The van der Waals surface area contributed by atoms with Crippen LogP contribution in [0.1, 0.15) is 40.0 Å². The lowest BCUT2D eigenvalue weighted by Crippen LogP contribution is -2.47. The Morgan fingerprint density at radius 2 is 1.76 bits per heavy atom. The van der Waals surface area contributed by atoms with Gasteiger partial charge in [0.15, 0.2) is 0 Å². The van der Waals surface area contributed by atoms with Crippen molar-refractivity contribution in [1.29, 1.82) is 0 Å². The molecular weight excluding hydrogens is 210 g/mol. The number of nitrogens with zero attached hydrogens (tertiary/aromatic N) is 2. The SMILES string of the molecule is CC(CCN(C)C)NC1CCN(C(C)C)CC1. The highest BCUT2D eigenvalue weighted by molar-refractivity contribution is 4.80. The molecule has 3 heteroatoms. The zero-order valence-corrected chi connectivity index (χ0v) is 12.4. The quantitative estimate of drug-likeness (QED) is 0.765. The van der Waals surface area contributed by atoms with E-state index in [9.17, 15) is 0 Å². The third kappa shape index (κ3) is 5.84. The van der Waals surface area contributed by atoms with Crippen molar-refractivity contribution >= 4 is 0 Å². The summed E-state index contributed by atoms with van der Waals surface area (Å²) < 4.78 is 0. The van der Waals surface area contributed by atoms with Crippen LogP contribution >= 0.6 is 0 Å². The van der Waals surface area contributed by atoms with Gasteiger partial charge in [0.25, 0.3) is 0 Å². The number of hydrogen-bond acceptors (Lipinski definition) is 3. The van der Waals surface area contributed by atoms with Crippen molar-refractivity contribution in [2.45, 2.75) is 58.2 Å². The minimum Gasteiger partial charge on any atom is -0.311 e. The molecule has 1 aliphatic heterocycles. The van der Waals surface area contributed by atoms with Gasteiger partial charge in [0.05, 0.1) is 0 Å². The first-order chi connectivity index (χ1) is 7.99. The van der Waals surface area contributed by atoms with Crippen LogP contribution in [0.15, 0.2) is 0 Å². The van der Waals surface area contributed by atoms with Crippen LogP contribution in [-0.4, -0.2) is 61.7 Å². The molecule has 0 spiro atoms. The Labute approximate surface area is 108 Å². The zero-order chi connectivity index (χ0) is 12.8. The second kappa shape index (κ2) is 7.34. The van der Waals surface area contributed by atoms with E-state index in [4.69, 9.17) is 0 Å². The standard InChI is InChI=1S/C14H31N3/c1-12(2)17-10-7-14(8-11-17)15-13(3)6-9-16(4)5/h12-15H,6-11H2,1-5H3. The largest absolute Gasteiger partial charge is 0.311 e. The summed E-state index contributed by atoms with van der Waals surface area (Å²) in [6, 6.07) is 2.09. The average molecular weight is 241 g/mol. The van der Waals surface area contributed by atoms with Gasteiger partial charge in [-0.15, -0.1) is 0 Å². The minimum atomic E-state index is 0.646. The first-order valence-electron chi connectivity index (χ1n) is 7.14. The number of nitrogens with one attached hydrogen (secondary N) is 1. The number of rotatable bonds is 6. The fraction of sp³-hybridized carbons (Fsp3) is 1.00. The van der Waals surface area contributed by atoms with Crippen LogP contribution in [-0.2, 0) is 0 Å². The molecule has 0 aromatic rings. The van der Waals surface area contributed by atoms with Gasteiger partial charge in [-0.2, -0.15) is 0 Å². The summed E-state index contributed by atoms with van der Waals surface area (Å²) in [5.74, 6) is 0. The van der Waals surface area contributed by atoms with E-state index in [1.807, 2.05) is 0 Å². The smallest absolute Gasteiger partial charge is 0.00938 e. The molecule has 1 heterocycles. The van der Waals surface area contributed by atoms with E-state index < -0.39 is 0 Å². The van der Waals surface area contributed by atoms with Crippen molar-refractivity contribution < 1.29 is 0 Å². The lowest BCUT2D eigenvalue weighted by atomic mass is 10.0. The molecule has 1 rings (SSSR count). The van der Waals surface area contributed by atoms with Crippen LogP contribution < -0.4 is 5.32 Å². The van der Waals surface area contributed by atoms with E-state index in [-0.39, 0.29) is 0 Å². The van der Waals surface area contributed by atoms with Gasteiger partial charge < -0.3 is 15.1 Å². The summed E-state index contributed by atoms with van der Waals surface area (Å²) in [7, 11) is 4.29. The van der Waals surface area contributed by atoms with Crippen molar-refractivity contribution in [2.24, 2.45) is 0 Å². The molecule has 0 aromatic carbocycles. The summed E-state index contributed by atoms with van der Waals surface area (Å²) in [6.45, 7) is 10.6. The van der Waals surface area contributed by atoms with Gasteiger partial charge >= 0.3 is 0 Å². The van der Waals surface area contributed by atoms with Gasteiger partial charge in [-0.3, -0.25) is 0 Å². The summed E-state index contributed by atoms with van der Waals surface area (Å²) in [4.78, 5) is 4.85. The number of likely N-dealkylation sites (tertiary alicyclic amines) is 1. The molecule has 17 heavy (non-hydrogen) atoms. The zero-order valence-electron chi connectivity index (χ0n) is 12.4. The fourth-order valence-electron chi connectivity index (χ4n) is 2.52. The van der Waals surface area contributed by atoms with Crippen LogP contribution in [0.4, 0.5) is 0 Å². The predicted molar refractivity (Wildman–Crippen MR) is 75.5 cm³/mol. The van der Waals surface area contributed by atoms with Crippen molar-refractivity contribution in [3.05, 3.63) is 0 Å². The molecule has 1 N–H and O–H groups in total. The van der Waals surface area contributed by atoms with Crippen molar-refractivity contribution in [2.75, 3.05) is 33.7 Å². The molecule has 0 saturated carbocycles. The average Bonchev–Trinajstić information content (AvgIpc) is 2.27. The van der Waals surface area contributed by atoms with Gasteiger partial charge in [-0.05, 0) is 73.8 Å². The van der Waals surface area contributed by atoms with Crippen molar-refractivity contribution in [3.8, 4) is 0 Å². The second-order valence-corrected chi connectivity index (χ2v) is 6.06. The fourth-order valence-corrected chi connectivity index (χ4v) is 2.52. The highest BCUT2D eigenvalue weighted by atomic mass is 15.2. The molecule has 1 saturated heterocycles. The third-order valence-electron chi connectivity index (χ3n) is 3.79. The summed E-state index contributed by atoms with van der Waals surface area (Å²) in [6.07, 6.45) is 3.87. The Kier molecular flexibility index (Phi) is 6.45. The first kappa shape index (κ1) is 14.9. The highest BCUT2D eigenvalue weighted by Gasteiger charge is 2.21. The Bertz CT molecular complexity index is 196. The molecule has 0 aromatic heterocycles. The lowest BCUT2D eigenvalue weighted by molar-refractivity contribution is 0.156. The van der Waals surface area contributed by atoms with Gasteiger partial charge in [-0.1, -0.05) is 0 Å². The predicted octanol–water partition coefficient (Wildman–Crippen LogP) is 1.79. The molecule has 0 radical (unpaired) electrons. The normalized spacial score (nSPS) is 21.4. The van der Waals surface area contributed by atoms with Crippen LogP contribution in [0.2, 0.25) is 0 Å².